The molecule has 1 fully saturated rings. The Morgan fingerprint density at radius 2 is 2.20 bits per heavy atom. The van der Waals surface area contributed by atoms with Crippen molar-refractivity contribution in [3.63, 3.8) is 0 Å². The van der Waals surface area contributed by atoms with Crippen LogP contribution in [0.3, 0.4) is 0 Å². The summed E-state index contributed by atoms with van der Waals surface area (Å²) in [5.74, 6) is -0.251. The van der Waals surface area contributed by atoms with Gasteiger partial charge < -0.3 is 0 Å². The van der Waals surface area contributed by atoms with Gasteiger partial charge in [0.2, 0.25) is 0 Å². The quantitative estimate of drug-likeness (QED) is 0.715. The molecule has 82 valence electrons. The van der Waals surface area contributed by atoms with Gasteiger partial charge in [-0.3, -0.25) is 0 Å². The molecule has 0 aliphatic heterocycles. The van der Waals surface area contributed by atoms with Crippen molar-refractivity contribution < 1.29 is 4.39 Å². The Bertz CT molecular complexity index is 372. The zero-order chi connectivity index (χ0) is 11.1. The Kier molecular flexibility index (Phi) is 3.09. The summed E-state index contributed by atoms with van der Waals surface area (Å²) in [7, 11) is 0. The molecule has 0 nitrogen and oxygen atoms in total. The summed E-state index contributed by atoms with van der Waals surface area (Å²) in [6.07, 6.45) is 3.13. The van der Waals surface area contributed by atoms with E-state index in [1.165, 1.54) is 12.8 Å². The Hall–Kier alpha value is -0.0800. The van der Waals surface area contributed by atoms with E-state index >= 15 is 0 Å². The molecule has 2 rings (SSSR count). The molecule has 1 unspecified atom stereocenters. The summed E-state index contributed by atoms with van der Waals surface area (Å²) in [4.78, 5) is 0.434. The van der Waals surface area contributed by atoms with Crippen LogP contribution in [-0.2, 0) is 6.42 Å². The zero-order valence-corrected chi connectivity index (χ0v) is 10.9. The maximum atomic E-state index is 13.7. The van der Waals surface area contributed by atoms with Crippen LogP contribution in [-0.4, -0.2) is 4.83 Å². The van der Waals surface area contributed by atoms with E-state index in [-0.39, 0.29) is 16.3 Å². The van der Waals surface area contributed by atoms with Crippen LogP contribution in [0.1, 0.15) is 25.3 Å². The van der Waals surface area contributed by atoms with Crippen molar-refractivity contribution in [2.24, 2.45) is 5.41 Å². The maximum Gasteiger partial charge on any atom is 0.144 e. The fraction of sp³-hybridized carbons (Fsp3) is 0.500. The van der Waals surface area contributed by atoms with E-state index in [9.17, 15) is 4.39 Å². The van der Waals surface area contributed by atoms with Gasteiger partial charge in [-0.25, -0.2) is 4.39 Å². The van der Waals surface area contributed by atoms with E-state index in [2.05, 4.69) is 22.9 Å². The Morgan fingerprint density at radius 1 is 1.53 bits per heavy atom. The van der Waals surface area contributed by atoms with E-state index in [0.29, 0.717) is 4.83 Å². The van der Waals surface area contributed by atoms with Gasteiger partial charge in [-0.15, -0.1) is 0 Å². The lowest BCUT2D eigenvalue weighted by Gasteiger charge is -2.18. The minimum absolute atomic E-state index is 0.227. The van der Waals surface area contributed by atoms with E-state index in [0.717, 1.165) is 12.0 Å². The van der Waals surface area contributed by atoms with Gasteiger partial charge in [-0.2, -0.15) is 0 Å². The summed E-state index contributed by atoms with van der Waals surface area (Å²) in [5, 5.41) is 0.227. The predicted octanol–water partition coefficient (Wildman–Crippen LogP) is 4.59. The van der Waals surface area contributed by atoms with Crippen LogP contribution in [0, 0.1) is 11.2 Å². The molecule has 0 radical (unpaired) electrons. The van der Waals surface area contributed by atoms with Crippen molar-refractivity contribution in [1.82, 2.24) is 0 Å². The lowest BCUT2D eigenvalue weighted by atomic mass is 9.93. The number of rotatable bonds is 3. The molecule has 15 heavy (non-hydrogen) atoms. The molecule has 0 saturated heterocycles. The van der Waals surface area contributed by atoms with Gasteiger partial charge in [0.15, 0.2) is 0 Å². The van der Waals surface area contributed by atoms with Crippen LogP contribution >= 0.6 is 27.5 Å². The number of halogens is 3. The van der Waals surface area contributed by atoms with Gasteiger partial charge in [0.05, 0.1) is 5.02 Å². The minimum atomic E-state index is -0.251. The molecule has 0 bridgehead atoms. The van der Waals surface area contributed by atoms with E-state index in [1.54, 1.807) is 6.07 Å². The SMILES string of the molecule is CC(Br)C1(Cc2cccc(Cl)c2F)CC1. The van der Waals surface area contributed by atoms with Crippen LogP contribution in [0.25, 0.3) is 0 Å². The van der Waals surface area contributed by atoms with Gasteiger partial charge in [-0.1, -0.05) is 46.6 Å². The molecular formula is C12H13BrClF. The average molecular weight is 292 g/mol. The Balaban J connectivity index is 2.22. The van der Waals surface area contributed by atoms with Crippen LogP contribution in [0.15, 0.2) is 18.2 Å². The van der Waals surface area contributed by atoms with Gasteiger partial charge in [0, 0.05) is 4.83 Å². The maximum absolute atomic E-state index is 13.7. The molecule has 0 N–H and O–H groups in total. The van der Waals surface area contributed by atoms with Gasteiger partial charge >= 0.3 is 0 Å². The first-order valence-corrected chi connectivity index (χ1v) is 6.41. The molecule has 0 amide bonds. The van der Waals surface area contributed by atoms with Gasteiger partial charge in [0.1, 0.15) is 5.82 Å². The topological polar surface area (TPSA) is 0 Å². The smallest absolute Gasteiger partial charge is 0.144 e. The standard InChI is InChI=1S/C12H13BrClF/c1-8(13)12(5-6-12)7-9-3-2-4-10(14)11(9)15/h2-4,8H,5-7H2,1H3. The molecule has 3 heteroatoms. The monoisotopic (exact) mass is 290 g/mol. The fourth-order valence-corrected chi connectivity index (χ4v) is 2.75. The van der Waals surface area contributed by atoms with Crippen LogP contribution < -0.4 is 0 Å². The van der Waals surface area contributed by atoms with Gasteiger partial charge in [0.25, 0.3) is 0 Å². The highest BCUT2D eigenvalue weighted by molar-refractivity contribution is 9.09. The lowest BCUT2D eigenvalue weighted by Crippen LogP contribution is -2.16. The molecule has 1 aromatic rings. The number of benzene rings is 1. The fourth-order valence-electron chi connectivity index (χ4n) is 1.94. The number of hydrogen-bond acceptors (Lipinski definition) is 0. The second-order valence-corrected chi connectivity index (χ2v) is 6.15. The molecule has 0 aromatic heterocycles. The highest BCUT2D eigenvalue weighted by Gasteiger charge is 2.46. The second-order valence-electron chi connectivity index (χ2n) is 4.37. The molecule has 0 spiro atoms. The Labute approximate surface area is 103 Å². The highest BCUT2D eigenvalue weighted by Crippen LogP contribution is 2.54. The zero-order valence-electron chi connectivity index (χ0n) is 8.56. The third-order valence-corrected chi connectivity index (χ3v) is 4.57. The van der Waals surface area contributed by atoms with Crippen molar-refractivity contribution in [3.05, 3.63) is 34.6 Å². The summed E-state index contributed by atoms with van der Waals surface area (Å²) >= 11 is 9.36. The second kappa shape index (κ2) is 4.06. The third kappa shape index (κ3) is 2.21. The van der Waals surface area contributed by atoms with Crippen molar-refractivity contribution in [3.8, 4) is 0 Å². The molecule has 1 aromatic carbocycles. The number of alkyl halides is 1. The highest BCUT2D eigenvalue weighted by atomic mass is 79.9. The van der Waals surface area contributed by atoms with Crippen LogP contribution in [0.5, 0.6) is 0 Å². The lowest BCUT2D eigenvalue weighted by molar-refractivity contribution is 0.490. The summed E-state index contributed by atoms with van der Waals surface area (Å²) in [5.41, 5.74) is 0.997. The summed E-state index contributed by atoms with van der Waals surface area (Å²) < 4.78 is 13.7. The summed E-state index contributed by atoms with van der Waals surface area (Å²) in [6.45, 7) is 2.13. The van der Waals surface area contributed by atoms with Crippen molar-refractivity contribution in [2.45, 2.75) is 31.0 Å². The van der Waals surface area contributed by atoms with E-state index in [4.69, 9.17) is 11.6 Å². The molecule has 1 saturated carbocycles. The van der Waals surface area contributed by atoms with Crippen molar-refractivity contribution in [1.29, 1.82) is 0 Å². The molecule has 0 heterocycles. The molecule has 1 aliphatic carbocycles. The first kappa shape index (κ1) is 11.4. The van der Waals surface area contributed by atoms with Gasteiger partial charge in [-0.05, 0) is 36.3 Å². The normalized spacial score (nSPS) is 20.0. The van der Waals surface area contributed by atoms with E-state index < -0.39 is 0 Å². The average Bonchev–Trinajstić information content (AvgIpc) is 2.94. The largest absolute Gasteiger partial charge is 0.205 e. The van der Waals surface area contributed by atoms with Crippen LogP contribution in [0.2, 0.25) is 5.02 Å². The first-order chi connectivity index (χ1) is 7.05. The molecule has 1 atom stereocenters. The number of hydrogen-bond donors (Lipinski definition) is 0. The van der Waals surface area contributed by atoms with Crippen molar-refractivity contribution in [2.75, 3.05) is 0 Å². The van der Waals surface area contributed by atoms with Crippen molar-refractivity contribution >= 4 is 27.5 Å². The molecule has 1 aliphatic rings. The third-order valence-electron chi connectivity index (χ3n) is 3.31. The first-order valence-electron chi connectivity index (χ1n) is 5.12. The summed E-state index contributed by atoms with van der Waals surface area (Å²) in [6, 6.07) is 5.24. The predicted molar refractivity (Wildman–Crippen MR) is 65.2 cm³/mol. The molecular weight excluding hydrogens is 278 g/mol. The van der Waals surface area contributed by atoms with E-state index in [1.807, 2.05) is 12.1 Å². The Morgan fingerprint density at radius 3 is 2.73 bits per heavy atom. The minimum Gasteiger partial charge on any atom is -0.205 e. The van der Waals surface area contributed by atoms with Crippen LogP contribution in [0.4, 0.5) is 4.39 Å².